The minimum absolute atomic E-state index is 0.138. The number of aromatic carboxylic acids is 1. The predicted octanol–water partition coefficient (Wildman–Crippen LogP) is 3.28. The Morgan fingerprint density at radius 3 is 2.29 bits per heavy atom. The Bertz CT molecular complexity index is 970. The maximum Gasteiger partial charge on any atom is 0.335 e. The molecule has 1 aliphatic heterocycles. The molecule has 0 spiro atoms. The molecule has 28 heavy (non-hydrogen) atoms. The Morgan fingerprint density at radius 1 is 1.07 bits per heavy atom. The van der Waals surface area contributed by atoms with E-state index in [0.717, 1.165) is 22.2 Å². The van der Waals surface area contributed by atoms with E-state index in [0.29, 0.717) is 10.5 Å². The summed E-state index contributed by atoms with van der Waals surface area (Å²) in [6, 6.07) is 14.0. The van der Waals surface area contributed by atoms with E-state index in [9.17, 15) is 19.5 Å². The molecule has 1 fully saturated rings. The van der Waals surface area contributed by atoms with Gasteiger partial charge in [0.1, 0.15) is 10.4 Å². The van der Waals surface area contributed by atoms with Gasteiger partial charge in [0.25, 0.3) is 5.91 Å². The van der Waals surface area contributed by atoms with Crippen molar-refractivity contribution in [3.8, 4) is 0 Å². The van der Waals surface area contributed by atoms with Crippen LogP contribution < -0.4 is 0 Å². The van der Waals surface area contributed by atoms with Crippen LogP contribution in [0.5, 0.6) is 0 Å². The summed E-state index contributed by atoms with van der Waals surface area (Å²) in [4.78, 5) is 37.0. The van der Waals surface area contributed by atoms with E-state index in [1.54, 1.807) is 42.5 Å². The summed E-state index contributed by atoms with van der Waals surface area (Å²) >= 11 is 6.30. The molecule has 0 bridgehead atoms. The van der Waals surface area contributed by atoms with Crippen LogP contribution >= 0.6 is 24.0 Å². The van der Waals surface area contributed by atoms with Gasteiger partial charge in [0.05, 0.1) is 10.5 Å². The summed E-state index contributed by atoms with van der Waals surface area (Å²) in [7, 11) is 0. The van der Waals surface area contributed by atoms with Gasteiger partial charge >= 0.3 is 11.9 Å². The first kappa shape index (κ1) is 19.8. The number of carboxylic acids is 2. The lowest BCUT2D eigenvalue weighted by molar-refractivity contribution is -0.145. The quantitative estimate of drug-likeness (QED) is 0.554. The first-order valence-electron chi connectivity index (χ1n) is 8.24. The van der Waals surface area contributed by atoms with Crippen LogP contribution in [0.1, 0.15) is 21.5 Å². The molecule has 0 radical (unpaired) electrons. The van der Waals surface area contributed by atoms with E-state index in [2.05, 4.69) is 0 Å². The minimum Gasteiger partial charge on any atom is -0.480 e. The highest BCUT2D eigenvalue weighted by molar-refractivity contribution is 8.26. The molecule has 2 aromatic carbocycles. The van der Waals surface area contributed by atoms with Gasteiger partial charge in [0.15, 0.2) is 0 Å². The fraction of sp³-hybridized carbons (Fsp3) is 0.100. The van der Waals surface area contributed by atoms with Crippen molar-refractivity contribution >= 4 is 52.2 Å². The molecule has 2 aromatic rings. The highest BCUT2D eigenvalue weighted by Crippen LogP contribution is 2.34. The fourth-order valence-electron chi connectivity index (χ4n) is 2.75. The summed E-state index contributed by atoms with van der Waals surface area (Å²) in [6.07, 6.45) is 1.72. The van der Waals surface area contributed by atoms with Gasteiger partial charge in [-0.15, -0.1) is 0 Å². The Kier molecular flexibility index (Phi) is 5.91. The van der Waals surface area contributed by atoms with Crippen LogP contribution in [0.3, 0.4) is 0 Å². The number of rotatable bonds is 6. The van der Waals surface area contributed by atoms with Crippen molar-refractivity contribution in [3.63, 3.8) is 0 Å². The number of amides is 1. The van der Waals surface area contributed by atoms with Crippen molar-refractivity contribution in [3.05, 3.63) is 76.2 Å². The molecular formula is C20H15NO5S2. The smallest absolute Gasteiger partial charge is 0.335 e. The number of aliphatic carboxylic acids is 1. The third-order valence-electron chi connectivity index (χ3n) is 4.15. The lowest BCUT2D eigenvalue weighted by Crippen LogP contribution is -2.45. The Balaban J connectivity index is 1.85. The number of thiocarbonyl (C=S) groups is 1. The van der Waals surface area contributed by atoms with Crippen LogP contribution in [0, 0.1) is 0 Å². The summed E-state index contributed by atoms with van der Waals surface area (Å²) < 4.78 is 0.182. The molecular weight excluding hydrogens is 398 g/mol. The van der Waals surface area contributed by atoms with Gasteiger partial charge in [-0.1, -0.05) is 66.4 Å². The molecule has 1 aliphatic rings. The second kappa shape index (κ2) is 8.37. The van der Waals surface area contributed by atoms with Gasteiger partial charge < -0.3 is 10.2 Å². The third kappa shape index (κ3) is 4.29. The second-order valence-electron chi connectivity index (χ2n) is 6.02. The standard InChI is InChI=1S/C20H15NO5S2/c22-17-16(11-13-6-8-14(9-7-13)18(23)24)28-20(27)21(17)15(19(25)26)10-12-4-2-1-3-5-12/h1-9,11,15H,10H2,(H,23,24)(H,25,26)/b16-11-. The van der Waals surface area contributed by atoms with Crippen LogP contribution in [0.4, 0.5) is 0 Å². The van der Waals surface area contributed by atoms with Crippen LogP contribution in [0.15, 0.2) is 59.5 Å². The summed E-state index contributed by atoms with van der Waals surface area (Å²) in [5.74, 6) is -2.64. The number of thioether (sulfide) groups is 1. The molecule has 1 unspecified atom stereocenters. The number of carbonyl (C=O) groups excluding carboxylic acids is 1. The monoisotopic (exact) mass is 413 g/mol. The number of hydrogen-bond acceptors (Lipinski definition) is 5. The summed E-state index contributed by atoms with van der Waals surface area (Å²) in [5.41, 5.74) is 1.55. The molecule has 0 aromatic heterocycles. The maximum atomic E-state index is 12.8. The average Bonchev–Trinajstić information content (AvgIpc) is 2.94. The molecule has 8 heteroatoms. The topological polar surface area (TPSA) is 94.9 Å². The van der Waals surface area contributed by atoms with Crippen molar-refractivity contribution in [2.24, 2.45) is 0 Å². The van der Waals surface area contributed by atoms with E-state index in [1.807, 2.05) is 6.07 Å². The number of carbonyl (C=O) groups is 3. The van der Waals surface area contributed by atoms with Gasteiger partial charge in [0, 0.05) is 6.42 Å². The summed E-state index contributed by atoms with van der Waals surface area (Å²) in [6.45, 7) is 0. The van der Waals surface area contributed by atoms with Crippen molar-refractivity contribution in [1.82, 2.24) is 4.90 Å². The fourth-order valence-corrected chi connectivity index (χ4v) is 4.10. The second-order valence-corrected chi connectivity index (χ2v) is 7.70. The van der Waals surface area contributed by atoms with Gasteiger partial charge in [-0.05, 0) is 29.3 Å². The van der Waals surface area contributed by atoms with Gasteiger partial charge in [-0.25, -0.2) is 9.59 Å². The molecule has 2 N–H and O–H groups in total. The Hall–Kier alpha value is -2.97. The molecule has 1 heterocycles. The predicted molar refractivity (Wildman–Crippen MR) is 110 cm³/mol. The van der Waals surface area contributed by atoms with E-state index >= 15 is 0 Å². The Labute approximate surface area is 170 Å². The van der Waals surface area contributed by atoms with Gasteiger partial charge in [-0.2, -0.15) is 0 Å². The zero-order valence-corrected chi connectivity index (χ0v) is 16.1. The highest BCUT2D eigenvalue weighted by atomic mass is 32.2. The third-order valence-corrected chi connectivity index (χ3v) is 5.48. The number of nitrogens with zero attached hydrogens (tertiary/aromatic N) is 1. The minimum atomic E-state index is -1.13. The molecule has 1 atom stereocenters. The Morgan fingerprint density at radius 2 is 1.71 bits per heavy atom. The number of benzene rings is 2. The van der Waals surface area contributed by atoms with E-state index in [1.165, 1.54) is 12.1 Å². The first-order valence-corrected chi connectivity index (χ1v) is 9.46. The molecule has 0 saturated carbocycles. The average molecular weight is 413 g/mol. The lowest BCUT2D eigenvalue weighted by Gasteiger charge is -2.23. The lowest BCUT2D eigenvalue weighted by atomic mass is 10.0. The van der Waals surface area contributed by atoms with E-state index in [-0.39, 0.29) is 16.3 Å². The highest BCUT2D eigenvalue weighted by Gasteiger charge is 2.40. The van der Waals surface area contributed by atoms with Crippen molar-refractivity contribution in [2.45, 2.75) is 12.5 Å². The van der Waals surface area contributed by atoms with Crippen molar-refractivity contribution < 1.29 is 24.6 Å². The van der Waals surface area contributed by atoms with Gasteiger partial charge in [-0.3, -0.25) is 9.69 Å². The van der Waals surface area contributed by atoms with Crippen LogP contribution in [0.2, 0.25) is 0 Å². The van der Waals surface area contributed by atoms with Crippen molar-refractivity contribution in [2.75, 3.05) is 0 Å². The molecule has 0 aliphatic carbocycles. The first-order chi connectivity index (χ1) is 13.4. The maximum absolute atomic E-state index is 12.8. The van der Waals surface area contributed by atoms with Crippen LogP contribution in [-0.2, 0) is 16.0 Å². The van der Waals surface area contributed by atoms with E-state index in [4.69, 9.17) is 17.3 Å². The van der Waals surface area contributed by atoms with Crippen LogP contribution in [-0.4, -0.2) is 43.3 Å². The zero-order valence-electron chi connectivity index (χ0n) is 14.4. The number of carboxylic acid groups (broad SMARTS) is 2. The number of hydrogen-bond donors (Lipinski definition) is 2. The molecule has 6 nitrogen and oxygen atoms in total. The molecule has 142 valence electrons. The SMILES string of the molecule is O=C(O)c1ccc(/C=C2\SC(=S)N(C(Cc3ccccc3)C(=O)O)C2=O)cc1. The summed E-state index contributed by atoms with van der Waals surface area (Å²) in [5, 5.41) is 18.6. The molecule has 1 amide bonds. The zero-order chi connectivity index (χ0) is 20.3. The van der Waals surface area contributed by atoms with E-state index < -0.39 is 23.9 Å². The van der Waals surface area contributed by atoms with Crippen LogP contribution in [0.25, 0.3) is 6.08 Å². The molecule has 3 rings (SSSR count). The largest absolute Gasteiger partial charge is 0.480 e. The van der Waals surface area contributed by atoms with Gasteiger partial charge in [0.2, 0.25) is 0 Å². The molecule has 1 saturated heterocycles. The normalized spacial score (nSPS) is 16.4. The van der Waals surface area contributed by atoms with Crippen molar-refractivity contribution in [1.29, 1.82) is 0 Å².